The molecular weight excluding hydrogens is 312 g/mol. The van der Waals surface area contributed by atoms with Crippen molar-refractivity contribution in [3.8, 4) is 0 Å². The number of ketones is 1. The molecule has 1 rings (SSSR count). The molecule has 1 atom stereocenters. The van der Waals surface area contributed by atoms with Gasteiger partial charge in [0.1, 0.15) is 5.92 Å². The van der Waals surface area contributed by atoms with E-state index in [1.54, 1.807) is 0 Å². The lowest BCUT2D eigenvalue weighted by molar-refractivity contribution is -0.150. The largest absolute Gasteiger partial charge is 0.469 e. The molecule has 8 heteroatoms. The van der Waals surface area contributed by atoms with Crippen LogP contribution in [-0.2, 0) is 28.9 Å². The number of hydrogen-bond acceptors (Lipinski definition) is 7. The predicted molar refractivity (Wildman–Crippen MR) is 76.0 cm³/mol. The molecule has 0 fully saturated rings. The van der Waals surface area contributed by atoms with E-state index < -0.39 is 39.9 Å². The molecule has 1 aromatic carbocycles. The molecule has 7 nitrogen and oxygen atoms in total. The summed E-state index contributed by atoms with van der Waals surface area (Å²) in [7, 11) is -1.14. The molecule has 0 bridgehead atoms. The van der Waals surface area contributed by atoms with Gasteiger partial charge in [0.05, 0.1) is 25.5 Å². The number of methoxy groups -OCH3 is 2. The minimum absolute atomic E-state index is 0.0478. The van der Waals surface area contributed by atoms with Gasteiger partial charge in [0, 0.05) is 11.8 Å². The Balaban J connectivity index is 3.08. The quantitative estimate of drug-likeness (QED) is 0.428. The minimum Gasteiger partial charge on any atom is -0.469 e. The molecule has 0 saturated carbocycles. The van der Waals surface area contributed by atoms with Crippen molar-refractivity contribution >= 4 is 27.6 Å². The second-order valence-corrected chi connectivity index (χ2v) is 6.53. The Labute approximate surface area is 128 Å². The molecule has 0 heterocycles. The number of rotatable bonds is 6. The fraction of sp³-hybridized carbons (Fsp3) is 0.357. The van der Waals surface area contributed by atoms with Crippen LogP contribution in [0.3, 0.4) is 0 Å². The number of hydrogen-bond donors (Lipinski definition) is 0. The standard InChI is InChI=1S/C14H16O7S/c1-20-12(15)8-11(14(17)21-2)13(16)9-4-6-10(7-5-9)22(3,18)19/h4-7,11H,8H2,1-3H3. The molecule has 0 N–H and O–H groups in total. The third-order valence-corrected chi connectivity index (χ3v) is 4.10. The highest BCUT2D eigenvalue weighted by molar-refractivity contribution is 7.90. The zero-order chi connectivity index (χ0) is 16.9. The Morgan fingerprint density at radius 3 is 2.00 bits per heavy atom. The van der Waals surface area contributed by atoms with Crippen molar-refractivity contribution in [2.24, 2.45) is 5.92 Å². The third-order valence-electron chi connectivity index (χ3n) is 2.97. The summed E-state index contributed by atoms with van der Waals surface area (Å²) in [6.45, 7) is 0. The zero-order valence-corrected chi connectivity index (χ0v) is 13.2. The van der Waals surface area contributed by atoms with E-state index in [0.717, 1.165) is 20.5 Å². The Kier molecular flexibility index (Phi) is 5.81. The molecule has 1 unspecified atom stereocenters. The van der Waals surface area contributed by atoms with Crippen LogP contribution in [0.15, 0.2) is 29.2 Å². The van der Waals surface area contributed by atoms with Gasteiger partial charge in [-0.1, -0.05) is 12.1 Å². The fourth-order valence-corrected chi connectivity index (χ4v) is 2.37. The van der Waals surface area contributed by atoms with Crippen LogP contribution in [0.25, 0.3) is 0 Å². The van der Waals surface area contributed by atoms with Gasteiger partial charge in [0.15, 0.2) is 15.6 Å². The van der Waals surface area contributed by atoms with Gasteiger partial charge < -0.3 is 9.47 Å². The predicted octanol–water partition coefficient (Wildman–Crippen LogP) is 0.625. The molecule has 22 heavy (non-hydrogen) atoms. The third kappa shape index (κ3) is 4.39. The lowest BCUT2D eigenvalue weighted by Gasteiger charge is -2.12. The van der Waals surface area contributed by atoms with E-state index in [1.165, 1.54) is 24.3 Å². The average Bonchev–Trinajstić information content (AvgIpc) is 2.50. The van der Waals surface area contributed by atoms with Crippen LogP contribution in [0.1, 0.15) is 16.8 Å². The van der Waals surface area contributed by atoms with Crippen LogP contribution in [0.2, 0.25) is 0 Å². The van der Waals surface area contributed by atoms with Crippen molar-refractivity contribution in [3.63, 3.8) is 0 Å². The first-order chi connectivity index (χ1) is 10.2. The fourth-order valence-electron chi connectivity index (χ4n) is 1.74. The molecule has 0 spiro atoms. The Morgan fingerprint density at radius 1 is 1.05 bits per heavy atom. The SMILES string of the molecule is COC(=O)CC(C(=O)OC)C(=O)c1ccc(S(C)(=O)=O)cc1. The molecule has 0 aliphatic heterocycles. The Hall–Kier alpha value is -2.22. The highest BCUT2D eigenvalue weighted by Crippen LogP contribution is 2.17. The van der Waals surface area contributed by atoms with Crippen molar-refractivity contribution < 1.29 is 32.3 Å². The van der Waals surface area contributed by atoms with Gasteiger partial charge in [-0.05, 0) is 12.1 Å². The van der Waals surface area contributed by atoms with Crippen molar-refractivity contribution in [1.29, 1.82) is 0 Å². The van der Waals surface area contributed by atoms with Crippen molar-refractivity contribution in [2.75, 3.05) is 20.5 Å². The smallest absolute Gasteiger partial charge is 0.317 e. The summed E-state index contributed by atoms with van der Waals surface area (Å²) in [5, 5.41) is 0. The molecule has 1 aromatic rings. The highest BCUT2D eigenvalue weighted by atomic mass is 32.2. The molecule has 0 amide bonds. The van der Waals surface area contributed by atoms with Gasteiger partial charge >= 0.3 is 11.9 Å². The number of Topliss-reactive ketones (excluding diaryl/α,β-unsaturated/α-hetero) is 1. The first kappa shape index (κ1) is 17.8. The molecule has 0 radical (unpaired) electrons. The second-order valence-electron chi connectivity index (χ2n) is 4.52. The van der Waals surface area contributed by atoms with Crippen molar-refractivity contribution in [1.82, 2.24) is 0 Å². The highest BCUT2D eigenvalue weighted by Gasteiger charge is 2.31. The lowest BCUT2D eigenvalue weighted by atomic mass is 9.94. The Bertz CT molecular complexity index is 674. The zero-order valence-electron chi connectivity index (χ0n) is 12.4. The van der Waals surface area contributed by atoms with Crippen LogP contribution in [-0.4, -0.2) is 46.6 Å². The van der Waals surface area contributed by atoms with Crippen LogP contribution in [0, 0.1) is 5.92 Å². The maximum atomic E-state index is 12.3. The number of esters is 2. The van der Waals surface area contributed by atoms with Crippen LogP contribution < -0.4 is 0 Å². The summed E-state index contributed by atoms with van der Waals surface area (Å²) in [6, 6.07) is 5.09. The van der Waals surface area contributed by atoms with Crippen LogP contribution >= 0.6 is 0 Å². The van der Waals surface area contributed by atoms with E-state index >= 15 is 0 Å². The number of benzene rings is 1. The summed E-state index contributed by atoms with van der Waals surface area (Å²) in [6.07, 6.45) is 0.591. The van der Waals surface area contributed by atoms with E-state index in [4.69, 9.17) is 0 Å². The summed E-state index contributed by atoms with van der Waals surface area (Å²) >= 11 is 0. The summed E-state index contributed by atoms with van der Waals surface area (Å²) in [4.78, 5) is 35.3. The van der Waals surface area contributed by atoms with Gasteiger partial charge in [-0.15, -0.1) is 0 Å². The van der Waals surface area contributed by atoms with Gasteiger partial charge in [0.2, 0.25) is 0 Å². The number of sulfone groups is 1. The van der Waals surface area contributed by atoms with E-state index in [1.807, 2.05) is 0 Å². The van der Waals surface area contributed by atoms with Crippen LogP contribution in [0.4, 0.5) is 0 Å². The van der Waals surface area contributed by atoms with Gasteiger partial charge in [-0.25, -0.2) is 8.42 Å². The van der Waals surface area contributed by atoms with E-state index in [9.17, 15) is 22.8 Å². The molecule has 0 aliphatic rings. The maximum Gasteiger partial charge on any atom is 0.317 e. The van der Waals surface area contributed by atoms with Crippen molar-refractivity contribution in [3.05, 3.63) is 29.8 Å². The average molecular weight is 328 g/mol. The first-order valence-electron chi connectivity index (χ1n) is 6.19. The lowest BCUT2D eigenvalue weighted by Crippen LogP contribution is -2.28. The number of ether oxygens (including phenoxy) is 2. The Morgan fingerprint density at radius 2 is 1.59 bits per heavy atom. The van der Waals surface area contributed by atoms with E-state index in [2.05, 4.69) is 9.47 Å². The van der Waals surface area contributed by atoms with E-state index in [0.29, 0.717) is 0 Å². The molecule has 120 valence electrons. The van der Waals surface area contributed by atoms with Crippen LogP contribution in [0.5, 0.6) is 0 Å². The second kappa shape index (κ2) is 7.17. The van der Waals surface area contributed by atoms with Gasteiger partial charge in [-0.2, -0.15) is 0 Å². The molecular formula is C14H16O7S. The minimum atomic E-state index is -3.39. The van der Waals surface area contributed by atoms with Crippen molar-refractivity contribution in [2.45, 2.75) is 11.3 Å². The maximum absolute atomic E-state index is 12.3. The molecule has 0 saturated heterocycles. The molecule has 0 aromatic heterocycles. The number of carbonyl (C=O) groups excluding carboxylic acids is 3. The summed E-state index contributed by atoms with van der Waals surface area (Å²) < 4.78 is 31.7. The van der Waals surface area contributed by atoms with Gasteiger partial charge in [-0.3, -0.25) is 14.4 Å². The number of carbonyl (C=O) groups is 3. The van der Waals surface area contributed by atoms with E-state index in [-0.39, 0.29) is 10.5 Å². The monoisotopic (exact) mass is 328 g/mol. The first-order valence-corrected chi connectivity index (χ1v) is 8.08. The topological polar surface area (TPSA) is 104 Å². The molecule has 0 aliphatic carbocycles. The summed E-state index contributed by atoms with van der Waals surface area (Å²) in [5.41, 5.74) is 0.103. The normalized spacial score (nSPS) is 12.3. The summed E-state index contributed by atoms with van der Waals surface area (Å²) in [5.74, 6) is -3.56. The van der Waals surface area contributed by atoms with Gasteiger partial charge in [0.25, 0.3) is 0 Å².